The summed E-state index contributed by atoms with van der Waals surface area (Å²) < 4.78 is 0. The number of aliphatic imine (C=N–C) groups is 2. The van der Waals surface area contributed by atoms with Gasteiger partial charge in [-0.3, -0.25) is 15.0 Å². The van der Waals surface area contributed by atoms with Crippen molar-refractivity contribution in [2.24, 2.45) is 21.5 Å². The molecule has 0 atom stereocenters. The third-order valence-corrected chi connectivity index (χ3v) is 4.50. The normalized spacial score (nSPS) is 20.1. The molecule has 23 heavy (non-hydrogen) atoms. The summed E-state index contributed by atoms with van der Waals surface area (Å²) in [5.74, 6) is 0.409. The monoisotopic (exact) mass is 316 g/mol. The number of nitrogens with zero attached hydrogens (tertiary/aromatic N) is 4. The standard InChI is InChI=1S/C15H20N6O2/c1-10-5-6-11(21(22)23)9-12(10)20-14(17)18-13(16)19-15(20)7-3-2-4-8-15/h5-6,9H,2-4,7-8H2,1H3,(H4,16,17,18,19). The predicted octanol–water partition coefficient (Wildman–Crippen LogP) is 2.01. The molecule has 4 N–H and O–H groups in total. The van der Waals surface area contributed by atoms with Crippen LogP contribution in [0.3, 0.4) is 0 Å². The van der Waals surface area contributed by atoms with E-state index in [0.29, 0.717) is 5.69 Å². The van der Waals surface area contributed by atoms with Crippen molar-refractivity contribution in [2.45, 2.75) is 44.7 Å². The zero-order chi connectivity index (χ0) is 16.6. The summed E-state index contributed by atoms with van der Waals surface area (Å²) in [7, 11) is 0. The quantitative estimate of drug-likeness (QED) is 0.638. The van der Waals surface area contributed by atoms with Crippen molar-refractivity contribution in [1.82, 2.24) is 0 Å². The Morgan fingerprint density at radius 2 is 1.96 bits per heavy atom. The average Bonchev–Trinajstić information content (AvgIpc) is 2.48. The Morgan fingerprint density at radius 3 is 2.61 bits per heavy atom. The minimum absolute atomic E-state index is 0.0203. The van der Waals surface area contributed by atoms with Crippen molar-refractivity contribution < 1.29 is 4.92 Å². The number of hydrogen-bond acceptors (Lipinski definition) is 7. The highest BCUT2D eigenvalue weighted by Crippen LogP contribution is 2.41. The van der Waals surface area contributed by atoms with Gasteiger partial charge in [-0.05, 0) is 38.2 Å². The molecule has 0 radical (unpaired) electrons. The molecule has 1 aliphatic heterocycles. The Bertz CT molecular complexity index is 706. The fourth-order valence-corrected chi connectivity index (χ4v) is 3.42. The topological polar surface area (TPSA) is 123 Å². The second-order valence-corrected chi connectivity index (χ2v) is 6.05. The van der Waals surface area contributed by atoms with E-state index in [-0.39, 0.29) is 17.6 Å². The van der Waals surface area contributed by atoms with Crippen LogP contribution in [0.15, 0.2) is 28.2 Å². The average molecular weight is 316 g/mol. The maximum Gasteiger partial charge on any atom is 0.271 e. The van der Waals surface area contributed by atoms with Crippen LogP contribution in [0.25, 0.3) is 0 Å². The van der Waals surface area contributed by atoms with Gasteiger partial charge < -0.3 is 11.5 Å². The minimum Gasteiger partial charge on any atom is -0.369 e. The molecule has 8 nitrogen and oxygen atoms in total. The molecule has 1 aromatic rings. The largest absolute Gasteiger partial charge is 0.369 e. The second-order valence-electron chi connectivity index (χ2n) is 6.05. The van der Waals surface area contributed by atoms with Gasteiger partial charge in [0.1, 0.15) is 5.66 Å². The molecule has 0 aromatic heterocycles. The van der Waals surface area contributed by atoms with E-state index in [1.807, 2.05) is 11.8 Å². The van der Waals surface area contributed by atoms with Crippen LogP contribution in [0.1, 0.15) is 37.7 Å². The van der Waals surface area contributed by atoms with Crippen LogP contribution in [0.2, 0.25) is 0 Å². The second kappa shape index (κ2) is 5.53. The number of anilines is 1. The predicted molar refractivity (Wildman–Crippen MR) is 89.4 cm³/mol. The van der Waals surface area contributed by atoms with Crippen LogP contribution >= 0.6 is 0 Å². The third kappa shape index (κ3) is 2.60. The molecular weight excluding hydrogens is 296 g/mol. The first kappa shape index (κ1) is 15.3. The van der Waals surface area contributed by atoms with Crippen molar-refractivity contribution in [1.29, 1.82) is 0 Å². The van der Waals surface area contributed by atoms with E-state index in [2.05, 4.69) is 9.98 Å². The van der Waals surface area contributed by atoms with Gasteiger partial charge in [-0.25, -0.2) is 4.99 Å². The number of aryl methyl sites for hydroxylation is 1. The molecule has 1 aromatic carbocycles. The Balaban J connectivity index is 2.14. The van der Waals surface area contributed by atoms with Crippen LogP contribution in [0, 0.1) is 17.0 Å². The molecule has 0 unspecified atom stereocenters. The number of guanidine groups is 2. The maximum atomic E-state index is 11.1. The number of nitrogens with two attached hydrogens (primary N) is 2. The van der Waals surface area contributed by atoms with Crippen molar-refractivity contribution >= 4 is 23.3 Å². The van der Waals surface area contributed by atoms with Gasteiger partial charge in [-0.2, -0.15) is 4.99 Å². The first-order valence-electron chi connectivity index (χ1n) is 7.68. The van der Waals surface area contributed by atoms with E-state index < -0.39 is 10.6 Å². The van der Waals surface area contributed by atoms with Crippen LogP contribution < -0.4 is 16.4 Å². The molecule has 0 bridgehead atoms. The molecule has 1 heterocycles. The van der Waals surface area contributed by atoms with E-state index in [4.69, 9.17) is 11.5 Å². The molecule has 2 aliphatic rings. The molecule has 0 amide bonds. The molecule has 8 heteroatoms. The molecule has 0 saturated heterocycles. The van der Waals surface area contributed by atoms with Crippen molar-refractivity contribution in [3.63, 3.8) is 0 Å². The first-order valence-corrected chi connectivity index (χ1v) is 7.68. The summed E-state index contributed by atoms with van der Waals surface area (Å²) >= 11 is 0. The summed E-state index contributed by atoms with van der Waals surface area (Å²) in [5.41, 5.74) is 13.0. The summed E-state index contributed by atoms with van der Waals surface area (Å²) in [5, 5.41) is 11.1. The Hall–Kier alpha value is -2.64. The lowest BCUT2D eigenvalue weighted by Gasteiger charge is -2.46. The van der Waals surface area contributed by atoms with Gasteiger partial charge in [0, 0.05) is 12.1 Å². The zero-order valence-electron chi connectivity index (χ0n) is 13.0. The summed E-state index contributed by atoms with van der Waals surface area (Å²) in [6.07, 6.45) is 4.75. The summed E-state index contributed by atoms with van der Waals surface area (Å²) in [6.45, 7) is 1.89. The van der Waals surface area contributed by atoms with Crippen LogP contribution in [0.4, 0.5) is 11.4 Å². The number of rotatable bonds is 2. The van der Waals surface area contributed by atoms with Crippen molar-refractivity contribution in [3.05, 3.63) is 33.9 Å². The first-order chi connectivity index (χ1) is 10.9. The highest BCUT2D eigenvalue weighted by atomic mass is 16.6. The van der Waals surface area contributed by atoms with Crippen LogP contribution in [-0.4, -0.2) is 22.5 Å². The van der Waals surface area contributed by atoms with Gasteiger partial charge in [-0.15, -0.1) is 0 Å². The van der Waals surface area contributed by atoms with Gasteiger partial charge in [-0.1, -0.05) is 12.5 Å². The van der Waals surface area contributed by atoms with Crippen LogP contribution in [-0.2, 0) is 0 Å². The van der Waals surface area contributed by atoms with E-state index in [1.165, 1.54) is 12.1 Å². The highest BCUT2D eigenvalue weighted by molar-refractivity contribution is 6.06. The minimum atomic E-state index is -0.589. The maximum absolute atomic E-state index is 11.1. The Morgan fingerprint density at radius 1 is 1.26 bits per heavy atom. The Labute approximate surface area is 134 Å². The molecule has 1 fully saturated rings. The molecule has 122 valence electrons. The summed E-state index contributed by atoms with van der Waals surface area (Å²) in [6, 6.07) is 4.74. The van der Waals surface area contributed by atoms with Gasteiger partial charge in [0.05, 0.1) is 10.6 Å². The van der Waals surface area contributed by atoms with Gasteiger partial charge in [0.2, 0.25) is 11.9 Å². The van der Waals surface area contributed by atoms with Crippen molar-refractivity contribution in [2.75, 3.05) is 4.90 Å². The number of nitro benzene ring substituents is 1. The lowest BCUT2D eigenvalue weighted by molar-refractivity contribution is -0.384. The molecule has 1 saturated carbocycles. The highest BCUT2D eigenvalue weighted by Gasteiger charge is 2.43. The van der Waals surface area contributed by atoms with E-state index in [1.54, 1.807) is 6.07 Å². The Kier molecular flexibility index (Phi) is 3.67. The fraction of sp³-hybridized carbons (Fsp3) is 0.467. The number of benzene rings is 1. The molecular formula is C15H20N6O2. The molecule has 3 rings (SSSR count). The van der Waals surface area contributed by atoms with E-state index in [0.717, 1.165) is 37.7 Å². The van der Waals surface area contributed by atoms with Crippen LogP contribution in [0.5, 0.6) is 0 Å². The van der Waals surface area contributed by atoms with Gasteiger partial charge >= 0.3 is 0 Å². The van der Waals surface area contributed by atoms with Gasteiger partial charge in [0.15, 0.2) is 0 Å². The SMILES string of the molecule is Cc1ccc([N+](=O)[O-])cc1N1C(N)=NC(N)=NC12CCCCC2. The third-order valence-electron chi connectivity index (χ3n) is 4.50. The summed E-state index contributed by atoms with van der Waals surface area (Å²) in [4.78, 5) is 21.2. The number of hydrogen-bond donors (Lipinski definition) is 2. The number of non-ortho nitro benzene ring substituents is 1. The molecule has 1 aliphatic carbocycles. The van der Waals surface area contributed by atoms with E-state index >= 15 is 0 Å². The lowest BCUT2D eigenvalue weighted by Crippen LogP contribution is -2.58. The zero-order valence-corrected chi connectivity index (χ0v) is 13.0. The smallest absolute Gasteiger partial charge is 0.271 e. The number of nitro groups is 1. The van der Waals surface area contributed by atoms with E-state index in [9.17, 15) is 10.1 Å². The van der Waals surface area contributed by atoms with Crippen molar-refractivity contribution in [3.8, 4) is 0 Å². The fourth-order valence-electron chi connectivity index (χ4n) is 3.42. The lowest BCUT2D eigenvalue weighted by atomic mass is 9.87. The van der Waals surface area contributed by atoms with Gasteiger partial charge in [0.25, 0.3) is 5.69 Å². The molecule has 1 spiro atoms.